The maximum atomic E-state index is 10.7. The maximum absolute atomic E-state index is 10.7. The van der Waals surface area contributed by atoms with Crippen LogP contribution in [0.2, 0.25) is 0 Å². The Kier molecular flexibility index (Phi) is 2.57. The van der Waals surface area contributed by atoms with Gasteiger partial charge in [-0.2, -0.15) is 5.26 Å². The lowest BCUT2D eigenvalue weighted by molar-refractivity contribution is -0.136. The molecule has 0 aliphatic carbocycles. The number of carbonyl (C=O) groups is 1. The summed E-state index contributed by atoms with van der Waals surface area (Å²) in [6.07, 6.45) is -0.0216. The van der Waals surface area contributed by atoms with Gasteiger partial charge in [0, 0.05) is 0 Å². The molecule has 0 fully saturated rings. The third-order valence-electron chi connectivity index (χ3n) is 2.48. The van der Waals surface area contributed by atoms with Crippen LogP contribution in [0.4, 0.5) is 0 Å². The first-order valence-electron chi connectivity index (χ1n) is 4.85. The number of carboxylic acids is 1. The summed E-state index contributed by atoms with van der Waals surface area (Å²) < 4.78 is 0. The number of rotatable bonds is 2. The van der Waals surface area contributed by atoms with E-state index >= 15 is 0 Å². The van der Waals surface area contributed by atoms with Gasteiger partial charge in [-0.3, -0.25) is 4.79 Å². The molecule has 0 saturated heterocycles. The van der Waals surface area contributed by atoms with Crippen molar-refractivity contribution in [3.63, 3.8) is 0 Å². The van der Waals surface area contributed by atoms with Crippen molar-refractivity contribution in [2.75, 3.05) is 0 Å². The highest BCUT2D eigenvalue weighted by Crippen LogP contribution is 2.22. The van der Waals surface area contributed by atoms with E-state index in [4.69, 9.17) is 10.4 Å². The fourth-order valence-corrected chi connectivity index (χ4v) is 1.78. The summed E-state index contributed by atoms with van der Waals surface area (Å²) in [4.78, 5) is 10.7. The molecule has 0 aliphatic rings. The molecular formula is C13H9NO2. The van der Waals surface area contributed by atoms with E-state index in [2.05, 4.69) is 6.07 Å². The first-order valence-corrected chi connectivity index (χ1v) is 4.85. The second kappa shape index (κ2) is 4.03. The van der Waals surface area contributed by atoms with Gasteiger partial charge in [-0.1, -0.05) is 30.3 Å². The number of nitriles is 1. The van der Waals surface area contributed by atoms with Crippen LogP contribution < -0.4 is 0 Å². The molecule has 2 aromatic rings. The third kappa shape index (κ3) is 1.73. The van der Waals surface area contributed by atoms with Gasteiger partial charge in [0.2, 0.25) is 0 Å². The quantitative estimate of drug-likeness (QED) is 0.829. The summed E-state index contributed by atoms with van der Waals surface area (Å²) >= 11 is 0. The predicted octanol–water partition coefficient (Wildman–Crippen LogP) is 2.34. The average molecular weight is 211 g/mol. The second-order valence-electron chi connectivity index (χ2n) is 3.50. The van der Waals surface area contributed by atoms with Gasteiger partial charge in [-0.05, 0) is 22.4 Å². The Labute approximate surface area is 92.6 Å². The second-order valence-corrected chi connectivity index (χ2v) is 3.50. The minimum Gasteiger partial charge on any atom is -0.481 e. The minimum atomic E-state index is -0.866. The maximum Gasteiger partial charge on any atom is 0.307 e. The Morgan fingerprint density at radius 2 is 1.88 bits per heavy atom. The Bertz CT molecular complexity index is 596. The Morgan fingerprint density at radius 3 is 2.50 bits per heavy atom. The number of hydrogen-bond donors (Lipinski definition) is 1. The molecule has 78 valence electrons. The van der Waals surface area contributed by atoms with Crippen molar-refractivity contribution >= 4 is 16.7 Å². The van der Waals surface area contributed by atoms with Crippen molar-refractivity contribution in [2.45, 2.75) is 6.42 Å². The zero-order chi connectivity index (χ0) is 11.5. The van der Waals surface area contributed by atoms with Gasteiger partial charge in [0.25, 0.3) is 0 Å². The summed E-state index contributed by atoms with van der Waals surface area (Å²) in [6, 6.07) is 12.8. The monoisotopic (exact) mass is 211 g/mol. The SMILES string of the molecule is N#Cc1ccc(CC(=O)O)c2ccccc12. The van der Waals surface area contributed by atoms with Crippen LogP contribution in [-0.2, 0) is 11.2 Å². The van der Waals surface area contributed by atoms with Crippen LogP contribution in [0.3, 0.4) is 0 Å². The van der Waals surface area contributed by atoms with Gasteiger partial charge in [0.15, 0.2) is 0 Å². The number of carboxylic acid groups (broad SMARTS) is 1. The molecule has 1 N–H and O–H groups in total. The number of fused-ring (bicyclic) bond motifs is 1. The summed E-state index contributed by atoms with van der Waals surface area (Å²) in [5.41, 5.74) is 1.31. The van der Waals surface area contributed by atoms with Crippen LogP contribution in [-0.4, -0.2) is 11.1 Å². The van der Waals surface area contributed by atoms with Crippen molar-refractivity contribution in [1.29, 1.82) is 5.26 Å². The minimum absolute atomic E-state index is 0.0216. The molecule has 3 heteroatoms. The largest absolute Gasteiger partial charge is 0.481 e. The molecule has 2 aromatic carbocycles. The highest BCUT2D eigenvalue weighted by atomic mass is 16.4. The number of aliphatic carboxylic acids is 1. The molecule has 0 atom stereocenters. The highest BCUT2D eigenvalue weighted by Gasteiger charge is 2.07. The molecule has 0 aliphatic heterocycles. The van der Waals surface area contributed by atoms with Crippen LogP contribution in [0.1, 0.15) is 11.1 Å². The zero-order valence-electron chi connectivity index (χ0n) is 8.47. The fourth-order valence-electron chi connectivity index (χ4n) is 1.78. The van der Waals surface area contributed by atoms with Crippen LogP contribution in [0, 0.1) is 11.3 Å². The van der Waals surface area contributed by atoms with E-state index in [9.17, 15) is 4.79 Å². The van der Waals surface area contributed by atoms with E-state index in [1.165, 1.54) is 0 Å². The third-order valence-corrected chi connectivity index (χ3v) is 2.48. The van der Waals surface area contributed by atoms with E-state index < -0.39 is 5.97 Å². The fraction of sp³-hybridized carbons (Fsp3) is 0.0769. The Morgan fingerprint density at radius 1 is 1.19 bits per heavy atom. The summed E-state index contributed by atoms with van der Waals surface area (Å²) in [5, 5.41) is 19.4. The Balaban J connectivity index is 2.70. The molecule has 16 heavy (non-hydrogen) atoms. The highest BCUT2D eigenvalue weighted by molar-refractivity contribution is 5.92. The molecule has 0 spiro atoms. The molecule has 0 radical (unpaired) electrons. The first-order chi connectivity index (χ1) is 7.72. The molecule has 0 bridgehead atoms. The molecule has 0 aromatic heterocycles. The van der Waals surface area contributed by atoms with Gasteiger partial charge in [-0.15, -0.1) is 0 Å². The van der Waals surface area contributed by atoms with Crippen molar-refractivity contribution in [3.05, 3.63) is 47.5 Å². The summed E-state index contributed by atoms with van der Waals surface area (Å²) in [6.45, 7) is 0. The standard InChI is InChI=1S/C13H9NO2/c14-8-10-6-5-9(7-13(15)16)11-3-1-2-4-12(10)11/h1-6H,7H2,(H,15,16). The zero-order valence-corrected chi connectivity index (χ0v) is 8.47. The molecule has 0 saturated carbocycles. The van der Waals surface area contributed by atoms with Crippen molar-refractivity contribution in [1.82, 2.24) is 0 Å². The molecule has 3 nitrogen and oxygen atoms in total. The molecule has 0 unspecified atom stereocenters. The van der Waals surface area contributed by atoms with Crippen LogP contribution in [0.25, 0.3) is 10.8 Å². The lowest BCUT2D eigenvalue weighted by Crippen LogP contribution is -2.01. The molecule has 0 amide bonds. The van der Waals surface area contributed by atoms with E-state index in [1.54, 1.807) is 12.1 Å². The summed E-state index contributed by atoms with van der Waals surface area (Å²) in [7, 11) is 0. The van der Waals surface area contributed by atoms with Crippen LogP contribution in [0.15, 0.2) is 36.4 Å². The number of hydrogen-bond acceptors (Lipinski definition) is 2. The van der Waals surface area contributed by atoms with Crippen LogP contribution >= 0.6 is 0 Å². The van der Waals surface area contributed by atoms with E-state index in [1.807, 2.05) is 24.3 Å². The summed E-state index contributed by atoms with van der Waals surface area (Å²) in [5.74, 6) is -0.866. The van der Waals surface area contributed by atoms with Crippen LogP contribution in [0.5, 0.6) is 0 Å². The van der Waals surface area contributed by atoms with E-state index in [0.717, 1.165) is 16.3 Å². The van der Waals surface area contributed by atoms with Gasteiger partial charge in [0.05, 0.1) is 18.1 Å². The normalized spacial score (nSPS) is 9.94. The topological polar surface area (TPSA) is 61.1 Å². The van der Waals surface area contributed by atoms with E-state index in [0.29, 0.717) is 5.56 Å². The van der Waals surface area contributed by atoms with Gasteiger partial charge in [-0.25, -0.2) is 0 Å². The van der Waals surface area contributed by atoms with Gasteiger partial charge in [0.1, 0.15) is 0 Å². The van der Waals surface area contributed by atoms with Gasteiger partial charge < -0.3 is 5.11 Å². The van der Waals surface area contributed by atoms with Crippen molar-refractivity contribution < 1.29 is 9.90 Å². The predicted molar refractivity (Wildman–Crippen MR) is 60.0 cm³/mol. The Hall–Kier alpha value is -2.34. The molecule has 2 rings (SSSR count). The van der Waals surface area contributed by atoms with Crippen molar-refractivity contribution in [3.8, 4) is 6.07 Å². The van der Waals surface area contributed by atoms with Gasteiger partial charge >= 0.3 is 5.97 Å². The lowest BCUT2D eigenvalue weighted by atomic mass is 9.98. The first kappa shape index (κ1) is 10.2. The number of benzene rings is 2. The lowest BCUT2D eigenvalue weighted by Gasteiger charge is -2.05. The van der Waals surface area contributed by atoms with E-state index in [-0.39, 0.29) is 6.42 Å². The van der Waals surface area contributed by atoms with Crippen molar-refractivity contribution in [2.24, 2.45) is 0 Å². The molecule has 0 heterocycles. The molecular weight excluding hydrogens is 202 g/mol. The smallest absolute Gasteiger partial charge is 0.307 e. The number of nitrogens with zero attached hydrogens (tertiary/aromatic N) is 1. The average Bonchev–Trinajstić information content (AvgIpc) is 2.29.